The van der Waals surface area contributed by atoms with Gasteiger partial charge in [0.2, 0.25) is 0 Å². The minimum absolute atomic E-state index is 0.0265. The van der Waals surface area contributed by atoms with Crippen LogP contribution in [0.2, 0.25) is 0 Å². The third-order valence-corrected chi connectivity index (χ3v) is 2.81. The molecule has 0 atom stereocenters. The molecule has 0 heterocycles. The zero-order valence-corrected chi connectivity index (χ0v) is 10.7. The summed E-state index contributed by atoms with van der Waals surface area (Å²) in [5.74, 6) is -1.63. The summed E-state index contributed by atoms with van der Waals surface area (Å²) in [6.07, 6.45) is 0. The lowest BCUT2D eigenvalue weighted by molar-refractivity contribution is 0.0597. The van der Waals surface area contributed by atoms with Gasteiger partial charge in [0.25, 0.3) is 0 Å². The highest BCUT2D eigenvalue weighted by Crippen LogP contribution is 2.24. The molecule has 0 aliphatic heterocycles. The van der Waals surface area contributed by atoms with Gasteiger partial charge < -0.3 is 14.9 Å². The van der Waals surface area contributed by atoms with Crippen molar-refractivity contribution in [2.45, 2.75) is 0 Å². The topological polar surface area (TPSA) is 83.8 Å². The van der Waals surface area contributed by atoms with Crippen LogP contribution in [-0.2, 0) is 4.74 Å². The average Bonchev–Trinajstić information content (AvgIpc) is 2.46. The van der Waals surface area contributed by atoms with E-state index in [0.717, 1.165) is 0 Å². The Balaban J connectivity index is 2.40. The van der Waals surface area contributed by atoms with Crippen LogP contribution in [0, 0.1) is 0 Å². The predicted molar refractivity (Wildman–Crippen MR) is 71.0 cm³/mol. The first kappa shape index (κ1) is 13.6. The fourth-order valence-electron chi connectivity index (χ4n) is 1.78. The van der Waals surface area contributed by atoms with Gasteiger partial charge in [0, 0.05) is 5.56 Å². The van der Waals surface area contributed by atoms with E-state index in [1.807, 2.05) is 0 Å². The van der Waals surface area contributed by atoms with Gasteiger partial charge in [-0.1, -0.05) is 12.1 Å². The first-order valence-electron chi connectivity index (χ1n) is 5.78. The van der Waals surface area contributed by atoms with E-state index in [-0.39, 0.29) is 28.2 Å². The van der Waals surface area contributed by atoms with Crippen molar-refractivity contribution >= 4 is 11.8 Å². The van der Waals surface area contributed by atoms with Crippen molar-refractivity contribution in [3.8, 4) is 11.5 Å². The second kappa shape index (κ2) is 5.44. The number of esters is 1. The smallest absolute Gasteiger partial charge is 0.341 e. The Morgan fingerprint density at radius 2 is 1.65 bits per heavy atom. The summed E-state index contributed by atoms with van der Waals surface area (Å²) in [7, 11) is 1.20. The van der Waals surface area contributed by atoms with E-state index in [4.69, 9.17) is 0 Å². The van der Waals surface area contributed by atoms with Crippen molar-refractivity contribution in [2.24, 2.45) is 0 Å². The third-order valence-electron chi connectivity index (χ3n) is 2.81. The number of carbonyl (C=O) groups excluding carboxylic acids is 2. The Hall–Kier alpha value is -2.82. The van der Waals surface area contributed by atoms with Crippen LogP contribution in [0.4, 0.5) is 0 Å². The van der Waals surface area contributed by atoms with Gasteiger partial charge in [-0.3, -0.25) is 4.79 Å². The number of methoxy groups -OCH3 is 1. The molecule has 0 bridgehead atoms. The van der Waals surface area contributed by atoms with Gasteiger partial charge in [0.1, 0.15) is 17.1 Å². The number of rotatable bonds is 3. The van der Waals surface area contributed by atoms with Gasteiger partial charge in [-0.2, -0.15) is 0 Å². The van der Waals surface area contributed by atoms with Gasteiger partial charge in [-0.05, 0) is 30.3 Å². The summed E-state index contributed by atoms with van der Waals surface area (Å²) in [4.78, 5) is 23.5. The number of phenols is 2. The first-order chi connectivity index (χ1) is 9.54. The standard InChI is InChI=1S/C15H12O5/c1-20-15(19)11-7-6-9(8-13(11)17)14(18)10-4-2-3-5-12(10)16/h2-8,16-17H,1H3. The Kier molecular flexibility index (Phi) is 3.70. The number of hydrogen-bond donors (Lipinski definition) is 2. The normalized spacial score (nSPS) is 10.1. The van der Waals surface area contributed by atoms with Crippen molar-refractivity contribution in [1.82, 2.24) is 0 Å². The quantitative estimate of drug-likeness (QED) is 0.660. The molecule has 0 spiro atoms. The zero-order chi connectivity index (χ0) is 14.7. The SMILES string of the molecule is COC(=O)c1ccc(C(=O)c2ccccc2O)cc1O. The molecule has 0 aliphatic carbocycles. The number of ether oxygens (including phenoxy) is 1. The average molecular weight is 272 g/mol. The minimum Gasteiger partial charge on any atom is -0.507 e. The largest absolute Gasteiger partial charge is 0.507 e. The van der Waals surface area contributed by atoms with Crippen LogP contribution in [-0.4, -0.2) is 29.1 Å². The summed E-state index contributed by atoms with van der Waals surface area (Å²) < 4.78 is 4.50. The third kappa shape index (κ3) is 2.47. The fraction of sp³-hybridized carbons (Fsp3) is 0.0667. The van der Waals surface area contributed by atoms with Crippen LogP contribution < -0.4 is 0 Å². The molecule has 102 valence electrons. The van der Waals surface area contributed by atoms with Crippen LogP contribution in [0.25, 0.3) is 0 Å². The zero-order valence-electron chi connectivity index (χ0n) is 10.7. The molecule has 0 amide bonds. The lowest BCUT2D eigenvalue weighted by atomic mass is 10.0. The van der Waals surface area contributed by atoms with E-state index in [2.05, 4.69) is 4.74 Å². The van der Waals surface area contributed by atoms with Crippen LogP contribution in [0.15, 0.2) is 42.5 Å². The molecule has 5 heteroatoms. The molecule has 2 N–H and O–H groups in total. The Morgan fingerprint density at radius 3 is 2.25 bits per heavy atom. The highest BCUT2D eigenvalue weighted by molar-refractivity contribution is 6.11. The first-order valence-corrected chi connectivity index (χ1v) is 5.78. The molecule has 0 saturated carbocycles. The maximum absolute atomic E-state index is 12.2. The molecule has 0 unspecified atom stereocenters. The van der Waals surface area contributed by atoms with E-state index in [9.17, 15) is 19.8 Å². The van der Waals surface area contributed by atoms with Crippen molar-refractivity contribution in [3.05, 3.63) is 59.2 Å². The second-order valence-electron chi connectivity index (χ2n) is 4.07. The number of para-hydroxylation sites is 1. The van der Waals surface area contributed by atoms with Gasteiger partial charge in [-0.25, -0.2) is 4.79 Å². The molecule has 0 radical (unpaired) electrons. The number of ketones is 1. The maximum atomic E-state index is 12.2. The summed E-state index contributed by atoms with van der Waals surface area (Å²) in [5, 5.41) is 19.4. The van der Waals surface area contributed by atoms with Gasteiger partial charge in [0.05, 0.1) is 12.7 Å². The predicted octanol–water partition coefficient (Wildman–Crippen LogP) is 2.12. The molecular formula is C15H12O5. The number of hydrogen-bond acceptors (Lipinski definition) is 5. The van der Waals surface area contributed by atoms with Crippen molar-refractivity contribution in [1.29, 1.82) is 0 Å². The lowest BCUT2D eigenvalue weighted by Gasteiger charge is -2.06. The highest BCUT2D eigenvalue weighted by atomic mass is 16.5. The summed E-state index contributed by atoms with van der Waals surface area (Å²) in [6, 6.07) is 9.95. The highest BCUT2D eigenvalue weighted by Gasteiger charge is 2.17. The molecule has 2 aromatic rings. The number of phenolic OH excluding ortho intramolecular Hbond substituents is 2. The number of carbonyl (C=O) groups is 2. The molecule has 5 nitrogen and oxygen atoms in total. The summed E-state index contributed by atoms with van der Waals surface area (Å²) in [6.45, 7) is 0. The van der Waals surface area contributed by atoms with E-state index < -0.39 is 11.8 Å². The molecule has 0 aliphatic rings. The van der Waals surface area contributed by atoms with Crippen LogP contribution in [0.5, 0.6) is 11.5 Å². The Bertz CT molecular complexity index is 676. The van der Waals surface area contributed by atoms with Gasteiger partial charge in [-0.15, -0.1) is 0 Å². The Morgan fingerprint density at radius 1 is 0.950 bits per heavy atom. The lowest BCUT2D eigenvalue weighted by Crippen LogP contribution is -2.05. The molecule has 2 rings (SSSR count). The summed E-state index contributed by atoms with van der Waals surface area (Å²) >= 11 is 0. The van der Waals surface area contributed by atoms with E-state index in [1.54, 1.807) is 12.1 Å². The minimum atomic E-state index is -0.691. The molecule has 0 fully saturated rings. The monoisotopic (exact) mass is 272 g/mol. The van der Waals surface area contributed by atoms with Crippen LogP contribution >= 0.6 is 0 Å². The second-order valence-corrected chi connectivity index (χ2v) is 4.07. The fourth-order valence-corrected chi connectivity index (χ4v) is 1.78. The molecule has 0 saturated heterocycles. The molecule has 20 heavy (non-hydrogen) atoms. The van der Waals surface area contributed by atoms with Crippen LogP contribution in [0.3, 0.4) is 0 Å². The van der Waals surface area contributed by atoms with Crippen molar-refractivity contribution in [3.63, 3.8) is 0 Å². The van der Waals surface area contributed by atoms with E-state index in [0.29, 0.717) is 0 Å². The Labute approximate surface area is 115 Å². The van der Waals surface area contributed by atoms with E-state index in [1.165, 1.54) is 37.4 Å². The number of aromatic hydroxyl groups is 2. The maximum Gasteiger partial charge on any atom is 0.341 e. The number of benzene rings is 2. The van der Waals surface area contributed by atoms with Crippen LogP contribution in [0.1, 0.15) is 26.3 Å². The van der Waals surface area contributed by atoms with Gasteiger partial charge >= 0.3 is 5.97 Å². The summed E-state index contributed by atoms with van der Waals surface area (Å²) in [5.41, 5.74) is 0.260. The molecule has 2 aromatic carbocycles. The van der Waals surface area contributed by atoms with E-state index >= 15 is 0 Å². The van der Waals surface area contributed by atoms with Gasteiger partial charge in [0.15, 0.2) is 5.78 Å². The molecule has 0 aromatic heterocycles. The van der Waals surface area contributed by atoms with Crippen molar-refractivity contribution < 1.29 is 24.5 Å². The molecular weight excluding hydrogens is 260 g/mol. The van der Waals surface area contributed by atoms with Crippen molar-refractivity contribution in [2.75, 3.05) is 7.11 Å².